The predicted octanol–water partition coefficient (Wildman–Crippen LogP) is 2.95. The van der Waals surface area contributed by atoms with Crippen molar-refractivity contribution in [2.24, 2.45) is 0 Å². The Morgan fingerprint density at radius 2 is 1.58 bits per heavy atom. The first-order chi connectivity index (χ1) is 15.1. The van der Waals surface area contributed by atoms with Crippen LogP contribution in [-0.4, -0.2) is 76.4 Å². The standard InChI is InChI=1S/C24H30N2O5/c1-28-21-17-19(18-22(29-2)24(21)30-3)9-10-23(27)26-13-11-25(12-14-26)15-16-31-20-7-5-4-6-8-20/h4-10,17-18H,11-16H2,1-3H3/b10-9+. The molecule has 0 saturated carbocycles. The number of methoxy groups -OCH3 is 3. The summed E-state index contributed by atoms with van der Waals surface area (Å²) in [7, 11) is 4.70. The van der Waals surface area contributed by atoms with Crippen LogP contribution in [0.2, 0.25) is 0 Å². The van der Waals surface area contributed by atoms with E-state index in [4.69, 9.17) is 18.9 Å². The van der Waals surface area contributed by atoms with Gasteiger partial charge in [0, 0.05) is 38.8 Å². The van der Waals surface area contributed by atoms with Gasteiger partial charge in [-0.1, -0.05) is 18.2 Å². The fourth-order valence-electron chi connectivity index (χ4n) is 3.47. The van der Waals surface area contributed by atoms with E-state index in [1.54, 1.807) is 33.5 Å². The van der Waals surface area contributed by atoms with Gasteiger partial charge in [0.1, 0.15) is 12.4 Å². The molecule has 0 atom stereocenters. The lowest BCUT2D eigenvalue weighted by atomic mass is 10.1. The second-order valence-corrected chi connectivity index (χ2v) is 7.12. The number of carbonyl (C=O) groups excluding carboxylic acids is 1. The fourth-order valence-corrected chi connectivity index (χ4v) is 3.47. The molecule has 7 heteroatoms. The van der Waals surface area contributed by atoms with Crippen LogP contribution in [-0.2, 0) is 4.79 Å². The summed E-state index contributed by atoms with van der Waals surface area (Å²) in [4.78, 5) is 16.8. The van der Waals surface area contributed by atoms with Gasteiger partial charge >= 0.3 is 0 Å². The molecule has 166 valence electrons. The van der Waals surface area contributed by atoms with Crippen LogP contribution in [0.5, 0.6) is 23.0 Å². The second-order valence-electron chi connectivity index (χ2n) is 7.12. The van der Waals surface area contributed by atoms with Crippen LogP contribution >= 0.6 is 0 Å². The molecule has 3 rings (SSSR count). The molecule has 0 spiro atoms. The summed E-state index contributed by atoms with van der Waals surface area (Å²) in [5.74, 6) is 2.52. The van der Waals surface area contributed by atoms with Crippen molar-refractivity contribution in [3.05, 3.63) is 54.1 Å². The number of para-hydroxylation sites is 1. The SMILES string of the molecule is COc1cc(/C=C/C(=O)N2CCN(CCOc3ccccc3)CC2)cc(OC)c1OC. The molecule has 7 nitrogen and oxygen atoms in total. The zero-order valence-electron chi connectivity index (χ0n) is 18.4. The minimum atomic E-state index is -0.00561. The van der Waals surface area contributed by atoms with Gasteiger partial charge in [-0.05, 0) is 35.9 Å². The number of carbonyl (C=O) groups is 1. The highest BCUT2D eigenvalue weighted by molar-refractivity contribution is 5.92. The third-order valence-corrected chi connectivity index (χ3v) is 5.21. The number of ether oxygens (including phenoxy) is 4. The van der Waals surface area contributed by atoms with Gasteiger partial charge in [0.2, 0.25) is 11.7 Å². The van der Waals surface area contributed by atoms with Crippen molar-refractivity contribution in [3.8, 4) is 23.0 Å². The highest BCUT2D eigenvalue weighted by Gasteiger charge is 2.19. The lowest BCUT2D eigenvalue weighted by molar-refractivity contribution is -0.127. The lowest BCUT2D eigenvalue weighted by Crippen LogP contribution is -2.49. The Balaban J connectivity index is 1.49. The number of nitrogens with zero attached hydrogens (tertiary/aromatic N) is 2. The van der Waals surface area contributed by atoms with Gasteiger partial charge < -0.3 is 23.8 Å². The quantitative estimate of drug-likeness (QED) is 0.575. The largest absolute Gasteiger partial charge is 0.493 e. The summed E-state index contributed by atoms with van der Waals surface area (Å²) in [6.07, 6.45) is 3.36. The molecule has 31 heavy (non-hydrogen) atoms. The Hall–Kier alpha value is -3.19. The second kappa shape index (κ2) is 11.3. The maximum Gasteiger partial charge on any atom is 0.246 e. The number of hydrogen-bond acceptors (Lipinski definition) is 6. The molecular formula is C24H30N2O5. The number of benzene rings is 2. The average Bonchev–Trinajstić information content (AvgIpc) is 2.82. The molecule has 0 N–H and O–H groups in total. The number of piperazine rings is 1. The molecule has 1 fully saturated rings. The monoisotopic (exact) mass is 426 g/mol. The number of hydrogen-bond donors (Lipinski definition) is 0. The Kier molecular flexibility index (Phi) is 8.18. The predicted molar refractivity (Wildman–Crippen MR) is 120 cm³/mol. The molecule has 0 radical (unpaired) electrons. The minimum absolute atomic E-state index is 0.00561. The molecular weight excluding hydrogens is 396 g/mol. The van der Waals surface area contributed by atoms with Gasteiger partial charge in [0.05, 0.1) is 21.3 Å². The van der Waals surface area contributed by atoms with Crippen LogP contribution in [0.25, 0.3) is 6.08 Å². The third-order valence-electron chi connectivity index (χ3n) is 5.21. The van der Waals surface area contributed by atoms with Crippen molar-refractivity contribution >= 4 is 12.0 Å². The van der Waals surface area contributed by atoms with E-state index in [-0.39, 0.29) is 5.91 Å². The van der Waals surface area contributed by atoms with Gasteiger partial charge in [-0.3, -0.25) is 9.69 Å². The molecule has 0 bridgehead atoms. The average molecular weight is 427 g/mol. The van der Waals surface area contributed by atoms with E-state index in [1.165, 1.54) is 0 Å². The van der Waals surface area contributed by atoms with Crippen molar-refractivity contribution in [2.75, 3.05) is 60.7 Å². The molecule has 0 aromatic heterocycles. The highest BCUT2D eigenvalue weighted by atomic mass is 16.5. The number of amides is 1. The summed E-state index contributed by atoms with van der Waals surface area (Å²) in [6.45, 7) is 4.55. The van der Waals surface area contributed by atoms with Gasteiger partial charge in [0.15, 0.2) is 11.5 Å². The third kappa shape index (κ3) is 6.15. The molecule has 1 heterocycles. The van der Waals surface area contributed by atoms with Crippen LogP contribution in [0.15, 0.2) is 48.5 Å². The van der Waals surface area contributed by atoms with E-state index in [2.05, 4.69) is 4.90 Å². The van der Waals surface area contributed by atoms with Crippen LogP contribution in [0, 0.1) is 0 Å². The zero-order chi connectivity index (χ0) is 22.1. The van der Waals surface area contributed by atoms with E-state index >= 15 is 0 Å². The highest BCUT2D eigenvalue weighted by Crippen LogP contribution is 2.38. The van der Waals surface area contributed by atoms with Gasteiger partial charge in [-0.2, -0.15) is 0 Å². The van der Waals surface area contributed by atoms with Crippen molar-refractivity contribution < 1.29 is 23.7 Å². The smallest absolute Gasteiger partial charge is 0.246 e. The Bertz CT molecular complexity index is 852. The molecule has 1 aliphatic heterocycles. The maximum atomic E-state index is 12.6. The van der Waals surface area contributed by atoms with Gasteiger partial charge in [0.25, 0.3) is 0 Å². The van der Waals surface area contributed by atoms with E-state index in [9.17, 15) is 4.79 Å². The van der Waals surface area contributed by atoms with E-state index in [0.717, 1.165) is 30.9 Å². The summed E-state index contributed by atoms with van der Waals surface area (Å²) >= 11 is 0. The van der Waals surface area contributed by atoms with E-state index in [1.807, 2.05) is 47.4 Å². The first-order valence-corrected chi connectivity index (χ1v) is 10.3. The van der Waals surface area contributed by atoms with Gasteiger partial charge in [-0.15, -0.1) is 0 Å². The van der Waals surface area contributed by atoms with E-state index < -0.39 is 0 Å². The normalized spacial score (nSPS) is 14.5. The molecule has 1 aliphatic rings. The van der Waals surface area contributed by atoms with Crippen molar-refractivity contribution in [3.63, 3.8) is 0 Å². The first kappa shape index (κ1) is 22.5. The van der Waals surface area contributed by atoms with Crippen LogP contribution in [0.4, 0.5) is 0 Å². The molecule has 2 aromatic rings. The Morgan fingerprint density at radius 3 is 2.16 bits per heavy atom. The van der Waals surface area contributed by atoms with E-state index in [0.29, 0.717) is 36.9 Å². The number of rotatable bonds is 9. The van der Waals surface area contributed by atoms with Crippen molar-refractivity contribution in [1.82, 2.24) is 9.80 Å². The maximum absolute atomic E-state index is 12.6. The first-order valence-electron chi connectivity index (χ1n) is 10.3. The van der Waals surface area contributed by atoms with Crippen molar-refractivity contribution in [2.45, 2.75) is 0 Å². The van der Waals surface area contributed by atoms with Crippen LogP contribution in [0.3, 0.4) is 0 Å². The summed E-state index contributed by atoms with van der Waals surface area (Å²) in [6, 6.07) is 13.4. The summed E-state index contributed by atoms with van der Waals surface area (Å²) in [5, 5.41) is 0. The van der Waals surface area contributed by atoms with Crippen LogP contribution in [0.1, 0.15) is 5.56 Å². The minimum Gasteiger partial charge on any atom is -0.493 e. The molecule has 2 aromatic carbocycles. The van der Waals surface area contributed by atoms with Crippen LogP contribution < -0.4 is 18.9 Å². The van der Waals surface area contributed by atoms with Crippen molar-refractivity contribution in [1.29, 1.82) is 0 Å². The molecule has 0 aliphatic carbocycles. The molecule has 1 amide bonds. The zero-order valence-corrected chi connectivity index (χ0v) is 18.4. The van der Waals surface area contributed by atoms with Gasteiger partial charge in [-0.25, -0.2) is 0 Å². The summed E-state index contributed by atoms with van der Waals surface area (Å²) in [5.41, 5.74) is 0.805. The topological polar surface area (TPSA) is 60.5 Å². The molecule has 0 unspecified atom stereocenters. The lowest BCUT2D eigenvalue weighted by Gasteiger charge is -2.34. The molecule has 1 saturated heterocycles. The summed E-state index contributed by atoms with van der Waals surface area (Å²) < 4.78 is 21.8. The Labute approximate surface area is 183 Å². The Morgan fingerprint density at radius 1 is 0.935 bits per heavy atom. The fraction of sp³-hybridized carbons (Fsp3) is 0.375.